The highest BCUT2D eigenvalue weighted by molar-refractivity contribution is 5.86. The van der Waals surface area contributed by atoms with Gasteiger partial charge >= 0.3 is 0 Å². The van der Waals surface area contributed by atoms with Gasteiger partial charge in [-0.25, -0.2) is 4.39 Å². The van der Waals surface area contributed by atoms with Crippen molar-refractivity contribution in [1.82, 2.24) is 5.32 Å². The number of hydrogen-bond acceptors (Lipinski definition) is 3. The molecule has 0 radical (unpaired) electrons. The van der Waals surface area contributed by atoms with Crippen molar-refractivity contribution in [3.63, 3.8) is 0 Å². The summed E-state index contributed by atoms with van der Waals surface area (Å²) >= 11 is 0. The highest BCUT2D eigenvalue weighted by Gasteiger charge is 2.37. The first-order valence-corrected chi connectivity index (χ1v) is 5.50. The molecule has 1 fully saturated rings. The maximum absolute atomic E-state index is 13.3. The van der Waals surface area contributed by atoms with Gasteiger partial charge in [0.25, 0.3) is 0 Å². The number of rotatable bonds is 3. The summed E-state index contributed by atoms with van der Waals surface area (Å²) in [5, 5.41) is 2.64. The van der Waals surface area contributed by atoms with E-state index in [2.05, 4.69) is 5.32 Å². The Morgan fingerprint density at radius 2 is 2.29 bits per heavy atom. The van der Waals surface area contributed by atoms with Crippen molar-refractivity contribution in [2.75, 3.05) is 13.2 Å². The van der Waals surface area contributed by atoms with Gasteiger partial charge in [-0.3, -0.25) is 4.79 Å². The van der Waals surface area contributed by atoms with Crippen LogP contribution >= 0.6 is 0 Å². The quantitative estimate of drug-likeness (QED) is 0.808. The second-order valence-electron chi connectivity index (χ2n) is 4.23. The summed E-state index contributed by atoms with van der Waals surface area (Å²) in [7, 11) is 0. The molecule has 2 rings (SSSR count). The van der Waals surface area contributed by atoms with Crippen molar-refractivity contribution in [3.8, 4) is 0 Å². The lowest BCUT2D eigenvalue weighted by molar-refractivity contribution is -0.126. The van der Waals surface area contributed by atoms with Crippen LogP contribution < -0.4 is 11.1 Å². The fraction of sp³-hybridized carbons (Fsp3) is 0.417. The molecule has 1 unspecified atom stereocenters. The fourth-order valence-corrected chi connectivity index (χ4v) is 1.75. The van der Waals surface area contributed by atoms with Crippen LogP contribution in [-0.4, -0.2) is 24.7 Å². The Morgan fingerprint density at radius 3 is 2.94 bits per heavy atom. The average Bonchev–Trinajstić information content (AvgIpc) is 2.76. The van der Waals surface area contributed by atoms with Crippen LogP contribution in [-0.2, 0) is 16.1 Å². The first-order valence-electron chi connectivity index (χ1n) is 5.50. The highest BCUT2D eigenvalue weighted by atomic mass is 19.1. The number of nitrogens with two attached hydrogens (primary N) is 1. The van der Waals surface area contributed by atoms with Gasteiger partial charge in [0.1, 0.15) is 11.4 Å². The Labute approximate surface area is 98.9 Å². The maximum atomic E-state index is 13.3. The summed E-state index contributed by atoms with van der Waals surface area (Å²) < 4.78 is 18.4. The number of halogens is 1. The average molecular weight is 238 g/mol. The standard InChI is InChI=1S/C12H15FN2O2/c13-10-4-2-1-3-9(10)7-15-11(16)12(14)5-6-17-8-12/h1-4H,5-8,14H2,(H,15,16). The topological polar surface area (TPSA) is 64.4 Å². The zero-order valence-electron chi connectivity index (χ0n) is 9.41. The van der Waals surface area contributed by atoms with E-state index in [1.807, 2.05) is 0 Å². The van der Waals surface area contributed by atoms with E-state index < -0.39 is 5.54 Å². The molecule has 17 heavy (non-hydrogen) atoms. The SMILES string of the molecule is NC1(C(=O)NCc2ccccc2F)CCOC1. The van der Waals surface area contributed by atoms with Gasteiger partial charge in [-0.05, 0) is 12.5 Å². The van der Waals surface area contributed by atoms with E-state index in [1.165, 1.54) is 6.07 Å². The number of carbonyl (C=O) groups is 1. The van der Waals surface area contributed by atoms with Crippen LogP contribution in [0.5, 0.6) is 0 Å². The Balaban J connectivity index is 1.94. The first-order chi connectivity index (χ1) is 8.12. The third kappa shape index (κ3) is 2.62. The Kier molecular flexibility index (Phi) is 3.40. The minimum absolute atomic E-state index is 0.143. The van der Waals surface area contributed by atoms with Crippen LogP contribution in [0, 0.1) is 5.82 Å². The van der Waals surface area contributed by atoms with Gasteiger partial charge in [0.05, 0.1) is 6.61 Å². The van der Waals surface area contributed by atoms with E-state index in [4.69, 9.17) is 10.5 Å². The lowest BCUT2D eigenvalue weighted by Gasteiger charge is -2.20. The van der Waals surface area contributed by atoms with Gasteiger partial charge in [0, 0.05) is 18.7 Å². The number of benzene rings is 1. The molecule has 1 aliphatic heterocycles. The van der Waals surface area contributed by atoms with Crippen LogP contribution in [0.4, 0.5) is 4.39 Å². The molecule has 0 aliphatic carbocycles. The Hall–Kier alpha value is -1.46. The fourth-order valence-electron chi connectivity index (χ4n) is 1.75. The van der Waals surface area contributed by atoms with Crippen LogP contribution in [0.15, 0.2) is 24.3 Å². The van der Waals surface area contributed by atoms with Gasteiger partial charge in [-0.15, -0.1) is 0 Å². The molecule has 0 aromatic heterocycles. The number of ether oxygens (including phenoxy) is 1. The molecule has 1 atom stereocenters. The van der Waals surface area contributed by atoms with Crippen LogP contribution in [0.25, 0.3) is 0 Å². The van der Waals surface area contributed by atoms with E-state index in [9.17, 15) is 9.18 Å². The van der Waals surface area contributed by atoms with Crippen LogP contribution in [0.1, 0.15) is 12.0 Å². The predicted molar refractivity (Wildman–Crippen MR) is 60.6 cm³/mol. The number of nitrogens with one attached hydrogen (secondary N) is 1. The summed E-state index contributed by atoms with van der Waals surface area (Å²) in [5.41, 5.74) is 5.35. The molecule has 92 valence electrons. The molecule has 0 bridgehead atoms. The third-order valence-electron chi connectivity index (χ3n) is 2.90. The van der Waals surface area contributed by atoms with Gasteiger partial charge in [-0.2, -0.15) is 0 Å². The van der Waals surface area contributed by atoms with Crippen molar-refractivity contribution in [3.05, 3.63) is 35.6 Å². The largest absolute Gasteiger partial charge is 0.379 e. The summed E-state index contributed by atoms with van der Waals surface area (Å²) in [6, 6.07) is 6.32. The Bertz CT molecular complexity index is 417. The number of amides is 1. The molecule has 0 saturated carbocycles. The third-order valence-corrected chi connectivity index (χ3v) is 2.90. The molecule has 0 spiro atoms. The predicted octanol–water partition coefficient (Wildman–Crippen LogP) is 0.560. The summed E-state index contributed by atoms with van der Waals surface area (Å²) in [6.07, 6.45) is 0.496. The first kappa shape index (κ1) is 12.0. The maximum Gasteiger partial charge on any atom is 0.242 e. The molecular weight excluding hydrogens is 223 g/mol. The minimum atomic E-state index is -0.967. The minimum Gasteiger partial charge on any atom is -0.379 e. The van der Waals surface area contributed by atoms with E-state index in [0.717, 1.165) is 0 Å². The highest BCUT2D eigenvalue weighted by Crippen LogP contribution is 2.15. The Morgan fingerprint density at radius 1 is 1.53 bits per heavy atom. The van der Waals surface area contributed by atoms with Crippen molar-refractivity contribution in [2.45, 2.75) is 18.5 Å². The van der Waals surface area contributed by atoms with Crippen molar-refractivity contribution in [2.24, 2.45) is 5.73 Å². The molecule has 1 heterocycles. The van der Waals surface area contributed by atoms with Crippen molar-refractivity contribution in [1.29, 1.82) is 0 Å². The normalized spacial score (nSPS) is 23.6. The molecule has 1 saturated heterocycles. The second-order valence-corrected chi connectivity index (χ2v) is 4.23. The molecular formula is C12H15FN2O2. The summed E-state index contributed by atoms with van der Waals surface area (Å²) in [6.45, 7) is 0.851. The smallest absolute Gasteiger partial charge is 0.242 e. The van der Waals surface area contributed by atoms with E-state index >= 15 is 0 Å². The summed E-state index contributed by atoms with van der Waals surface area (Å²) in [4.78, 5) is 11.8. The van der Waals surface area contributed by atoms with E-state index in [0.29, 0.717) is 18.6 Å². The molecule has 5 heteroatoms. The lowest BCUT2D eigenvalue weighted by Crippen LogP contribution is -2.54. The molecule has 1 aromatic rings. The molecule has 3 N–H and O–H groups in total. The zero-order valence-corrected chi connectivity index (χ0v) is 9.41. The van der Waals surface area contributed by atoms with Gasteiger partial charge in [0.2, 0.25) is 5.91 Å². The van der Waals surface area contributed by atoms with Gasteiger partial charge in [-0.1, -0.05) is 18.2 Å². The molecule has 1 amide bonds. The lowest BCUT2D eigenvalue weighted by atomic mass is 9.99. The second kappa shape index (κ2) is 4.81. The molecule has 1 aromatic carbocycles. The molecule has 1 aliphatic rings. The van der Waals surface area contributed by atoms with Crippen LogP contribution in [0.2, 0.25) is 0 Å². The van der Waals surface area contributed by atoms with Crippen LogP contribution in [0.3, 0.4) is 0 Å². The van der Waals surface area contributed by atoms with Crippen molar-refractivity contribution < 1.29 is 13.9 Å². The van der Waals surface area contributed by atoms with E-state index in [-0.39, 0.29) is 24.9 Å². The van der Waals surface area contributed by atoms with Gasteiger partial charge < -0.3 is 15.8 Å². The number of carbonyl (C=O) groups excluding carboxylic acids is 1. The monoisotopic (exact) mass is 238 g/mol. The van der Waals surface area contributed by atoms with E-state index in [1.54, 1.807) is 18.2 Å². The summed E-state index contributed by atoms with van der Waals surface area (Å²) in [5.74, 6) is -0.625. The van der Waals surface area contributed by atoms with Gasteiger partial charge in [0.15, 0.2) is 0 Å². The zero-order chi connectivity index (χ0) is 12.3. The van der Waals surface area contributed by atoms with Crippen molar-refractivity contribution >= 4 is 5.91 Å². The molecule has 4 nitrogen and oxygen atoms in total. The number of hydrogen-bond donors (Lipinski definition) is 2.